The number of aromatic amines is 1. The second kappa shape index (κ2) is 11.5. The number of fused-ring (bicyclic) bond motifs is 1. The van der Waals surface area contributed by atoms with Gasteiger partial charge in [0.05, 0.1) is 21.6 Å². The molecule has 0 unspecified atom stereocenters. The molecule has 0 radical (unpaired) electrons. The smallest absolute Gasteiger partial charge is 0.269 e. The molecule has 0 atom stereocenters. The standard InChI is InChI=1S/C25H22ClN5O3S/c26-19-6-2-1-5-18(19)24(34)27-14-13-22(32)30-31-23(33)17-11-9-16(10-12-17)15-35-25-28-20-7-3-4-8-21(20)29-25/h1-12H,13-15H2,(H,27,34)(H,28,29)(H,30,32)(H,31,33). The van der Waals surface area contributed by atoms with Gasteiger partial charge in [-0.15, -0.1) is 0 Å². The average Bonchev–Trinajstić information content (AvgIpc) is 3.29. The van der Waals surface area contributed by atoms with E-state index in [1.807, 2.05) is 36.4 Å². The molecule has 4 aromatic rings. The first-order valence-corrected chi connectivity index (χ1v) is 12.1. The molecule has 1 aromatic heterocycles. The number of amides is 3. The van der Waals surface area contributed by atoms with Crippen molar-refractivity contribution >= 4 is 52.1 Å². The first-order chi connectivity index (χ1) is 17.0. The number of hydrazine groups is 1. The number of para-hydroxylation sites is 2. The fourth-order valence-electron chi connectivity index (χ4n) is 3.19. The number of imidazole rings is 1. The molecule has 0 spiro atoms. The maximum atomic E-state index is 12.3. The van der Waals surface area contributed by atoms with Crippen LogP contribution < -0.4 is 16.2 Å². The molecule has 0 saturated heterocycles. The lowest BCUT2D eigenvalue weighted by Crippen LogP contribution is -2.42. The van der Waals surface area contributed by atoms with E-state index in [0.717, 1.165) is 21.8 Å². The molecule has 0 aliphatic rings. The van der Waals surface area contributed by atoms with E-state index in [1.54, 1.807) is 48.2 Å². The topological polar surface area (TPSA) is 116 Å². The summed E-state index contributed by atoms with van der Waals surface area (Å²) in [4.78, 5) is 44.2. The molecule has 0 fully saturated rings. The quantitative estimate of drug-likeness (QED) is 0.212. The van der Waals surface area contributed by atoms with E-state index in [1.165, 1.54) is 0 Å². The Bertz CT molecular complexity index is 1320. The van der Waals surface area contributed by atoms with E-state index in [9.17, 15) is 14.4 Å². The molecule has 0 aliphatic carbocycles. The Hall–Kier alpha value is -3.82. The van der Waals surface area contributed by atoms with Crippen LogP contribution in [0.4, 0.5) is 0 Å². The molecule has 10 heteroatoms. The first kappa shape index (κ1) is 24.3. The molecule has 8 nitrogen and oxygen atoms in total. The van der Waals surface area contributed by atoms with Gasteiger partial charge in [0.15, 0.2) is 5.16 Å². The molecule has 35 heavy (non-hydrogen) atoms. The van der Waals surface area contributed by atoms with Gasteiger partial charge in [-0.25, -0.2) is 4.98 Å². The van der Waals surface area contributed by atoms with Crippen LogP contribution in [0.15, 0.2) is 78.0 Å². The van der Waals surface area contributed by atoms with Crippen molar-refractivity contribution in [2.24, 2.45) is 0 Å². The van der Waals surface area contributed by atoms with Crippen molar-refractivity contribution < 1.29 is 14.4 Å². The lowest BCUT2D eigenvalue weighted by atomic mass is 10.1. The molecular weight excluding hydrogens is 486 g/mol. The average molecular weight is 508 g/mol. The number of rotatable bonds is 8. The molecule has 178 valence electrons. The van der Waals surface area contributed by atoms with E-state index in [-0.39, 0.29) is 18.9 Å². The molecule has 0 saturated carbocycles. The van der Waals surface area contributed by atoms with Crippen molar-refractivity contribution in [3.8, 4) is 0 Å². The molecule has 3 amide bonds. The monoisotopic (exact) mass is 507 g/mol. The van der Waals surface area contributed by atoms with Gasteiger partial charge in [-0.2, -0.15) is 0 Å². The highest BCUT2D eigenvalue weighted by molar-refractivity contribution is 7.98. The first-order valence-electron chi connectivity index (χ1n) is 10.8. The summed E-state index contributed by atoms with van der Waals surface area (Å²) in [5, 5.41) is 3.79. The number of nitrogens with zero attached hydrogens (tertiary/aromatic N) is 1. The number of benzene rings is 3. The lowest BCUT2D eigenvalue weighted by Gasteiger charge is -2.09. The Morgan fingerprint density at radius 3 is 2.40 bits per heavy atom. The van der Waals surface area contributed by atoms with Crippen LogP contribution in [0.25, 0.3) is 11.0 Å². The zero-order chi connectivity index (χ0) is 24.6. The van der Waals surface area contributed by atoms with Crippen LogP contribution in [0.2, 0.25) is 5.02 Å². The highest BCUT2D eigenvalue weighted by atomic mass is 35.5. The molecule has 3 aromatic carbocycles. The summed E-state index contributed by atoms with van der Waals surface area (Å²) in [5.41, 5.74) is 8.42. The Labute approximate surface area is 210 Å². The Morgan fingerprint density at radius 2 is 1.63 bits per heavy atom. The van der Waals surface area contributed by atoms with E-state index in [2.05, 4.69) is 26.1 Å². The lowest BCUT2D eigenvalue weighted by molar-refractivity contribution is -0.121. The van der Waals surface area contributed by atoms with Gasteiger partial charge in [0.1, 0.15) is 0 Å². The molecule has 0 bridgehead atoms. The normalized spacial score (nSPS) is 10.7. The number of halogens is 1. The summed E-state index contributed by atoms with van der Waals surface area (Å²) in [6, 6.07) is 21.6. The number of H-pyrrole nitrogens is 1. The Kier molecular flexibility index (Phi) is 8.02. The van der Waals surface area contributed by atoms with Crippen LogP contribution in [0.3, 0.4) is 0 Å². The van der Waals surface area contributed by atoms with Crippen LogP contribution in [0.1, 0.15) is 32.7 Å². The summed E-state index contributed by atoms with van der Waals surface area (Å²) in [6.07, 6.45) is -0.00553. The van der Waals surface area contributed by atoms with Crippen molar-refractivity contribution in [3.63, 3.8) is 0 Å². The van der Waals surface area contributed by atoms with Crippen LogP contribution in [-0.2, 0) is 10.5 Å². The summed E-state index contributed by atoms with van der Waals surface area (Å²) in [6.45, 7) is 0.101. The maximum Gasteiger partial charge on any atom is 0.269 e. The summed E-state index contributed by atoms with van der Waals surface area (Å²) >= 11 is 7.56. The molecular formula is C25H22ClN5O3S. The van der Waals surface area contributed by atoms with Crippen LogP contribution in [0, 0.1) is 0 Å². The minimum Gasteiger partial charge on any atom is -0.351 e. The third-order valence-corrected chi connectivity index (χ3v) is 6.30. The van der Waals surface area contributed by atoms with Gasteiger partial charge in [-0.1, -0.05) is 59.8 Å². The highest BCUT2D eigenvalue weighted by Gasteiger charge is 2.11. The van der Waals surface area contributed by atoms with E-state index in [4.69, 9.17) is 11.6 Å². The fourth-order valence-corrected chi connectivity index (χ4v) is 4.26. The van der Waals surface area contributed by atoms with E-state index < -0.39 is 11.8 Å². The van der Waals surface area contributed by atoms with Crippen molar-refractivity contribution in [2.45, 2.75) is 17.3 Å². The minimum absolute atomic E-state index is 0.00553. The number of nitrogens with one attached hydrogen (secondary N) is 4. The fraction of sp³-hybridized carbons (Fsp3) is 0.120. The summed E-state index contributed by atoms with van der Waals surface area (Å²) in [5.74, 6) is -0.545. The van der Waals surface area contributed by atoms with E-state index >= 15 is 0 Å². The number of carbonyl (C=O) groups excluding carboxylic acids is 3. The Morgan fingerprint density at radius 1 is 0.886 bits per heavy atom. The summed E-state index contributed by atoms with van der Waals surface area (Å²) < 4.78 is 0. The largest absolute Gasteiger partial charge is 0.351 e. The third-order valence-electron chi connectivity index (χ3n) is 5.03. The highest BCUT2D eigenvalue weighted by Crippen LogP contribution is 2.23. The zero-order valence-corrected chi connectivity index (χ0v) is 20.1. The second-order valence-electron chi connectivity index (χ2n) is 7.53. The molecule has 1 heterocycles. The Balaban J connectivity index is 1.18. The predicted molar refractivity (Wildman–Crippen MR) is 136 cm³/mol. The maximum absolute atomic E-state index is 12.3. The van der Waals surface area contributed by atoms with Gasteiger partial charge < -0.3 is 10.3 Å². The van der Waals surface area contributed by atoms with Gasteiger partial charge in [0, 0.05) is 24.3 Å². The van der Waals surface area contributed by atoms with Crippen molar-refractivity contribution in [1.82, 2.24) is 26.1 Å². The minimum atomic E-state index is -0.435. The number of thioether (sulfide) groups is 1. The molecule has 0 aliphatic heterocycles. The van der Waals surface area contributed by atoms with Crippen LogP contribution in [0.5, 0.6) is 0 Å². The molecule has 4 rings (SSSR count). The predicted octanol–water partition coefficient (Wildman–Crippen LogP) is 4.09. The third kappa shape index (κ3) is 6.62. The van der Waals surface area contributed by atoms with Gasteiger partial charge in [-0.05, 0) is 42.0 Å². The van der Waals surface area contributed by atoms with Gasteiger partial charge in [0.2, 0.25) is 5.91 Å². The molecule has 4 N–H and O–H groups in total. The van der Waals surface area contributed by atoms with Crippen molar-refractivity contribution in [1.29, 1.82) is 0 Å². The SMILES string of the molecule is O=C(CCNC(=O)c1ccccc1Cl)NNC(=O)c1ccc(CSc2nc3ccccc3[nH]2)cc1. The van der Waals surface area contributed by atoms with Gasteiger partial charge in [-0.3, -0.25) is 25.2 Å². The van der Waals surface area contributed by atoms with Gasteiger partial charge in [0.25, 0.3) is 11.8 Å². The number of hydrogen-bond donors (Lipinski definition) is 4. The van der Waals surface area contributed by atoms with Crippen LogP contribution in [-0.4, -0.2) is 34.2 Å². The summed E-state index contributed by atoms with van der Waals surface area (Å²) in [7, 11) is 0. The number of carbonyl (C=O) groups is 3. The van der Waals surface area contributed by atoms with Crippen molar-refractivity contribution in [2.75, 3.05) is 6.54 Å². The van der Waals surface area contributed by atoms with Crippen LogP contribution >= 0.6 is 23.4 Å². The number of aromatic nitrogens is 2. The van der Waals surface area contributed by atoms with E-state index in [0.29, 0.717) is 21.9 Å². The second-order valence-corrected chi connectivity index (χ2v) is 8.90. The van der Waals surface area contributed by atoms with Gasteiger partial charge >= 0.3 is 0 Å². The number of hydrogen-bond acceptors (Lipinski definition) is 5. The zero-order valence-electron chi connectivity index (χ0n) is 18.5. The van der Waals surface area contributed by atoms with Crippen molar-refractivity contribution in [3.05, 3.63) is 94.5 Å².